The van der Waals surface area contributed by atoms with E-state index >= 15 is 0 Å². The van der Waals surface area contributed by atoms with Gasteiger partial charge in [-0.2, -0.15) is 18.3 Å². The summed E-state index contributed by atoms with van der Waals surface area (Å²) in [6, 6.07) is 12.7. The summed E-state index contributed by atoms with van der Waals surface area (Å²) in [4.78, 5) is 31.0. The number of piperazine rings is 1. The second kappa shape index (κ2) is 12.3. The number of carbonyl (C=O) groups excluding carboxylic acids is 1. The molecule has 0 unspecified atom stereocenters. The lowest BCUT2D eigenvalue weighted by Crippen LogP contribution is -2.44. The molecular weight excluding hydrogens is 583 g/mol. The second-order valence-electron chi connectivity index (χ2n) is 11.2. The van der Waals surface area contributed by atoms with E-state index in [9.17, 15) is 18.0 Å². The van der Waals surface area contributed by atoms with Crippen LogP contribution in [0.5, 0.6) is 0 Å². The number of aromatic nitrogens is 5. The van der Waals surface area contributed by atoms with Crippen LogP contribution in [0.25, 0.3) is 22.4 Å². The zero-order chi connectivity index (χ0) is 31.7. The summed E-state index contributed by atoms with van der Waals surface area (Å²) in [6.07, 6.45) is 0.425. The van der Waals surface area contributed by atoms with Gasteiger partial charge in [0, 0.05) is 74.7 Å². The minimum absolute atomic E-state index is 0.0681. The summed E-state index contributed by atoms with van der Waals surface area (Å²) in [5, 5.41) is 11.0. The first-order valence-electron chi connectivity index (χ1n) is 14.5. The van der Waals surface area contributed by atoms with Gasteiger partial charge in [-0.3, -0.25) is 19.4 Å². The quantitative estimate of drug-likeness (QED) is 0.248. The monoisotopic (exact) mass is 615 g/mol. The number of anilines is 3. The van der Waals surface area contributed by atoms with Crippen molar-refractivity contribution in [3.8, 4) is 11.4 Å². The van der Waals surface area contributed by atoms with Gasteiger partial charge < -0.3 is 15.5 Å². The average Bonchev–Trinajstić information content (AvgIpc) is 3.40. The number of amides is 1. The molecule has 1 aliphatic heterocycles. The highest BCUT2D eigenvalue weighted by Gasteiger charge is 2.34. The first-order valence-corrected chi connectivity index (χ1v) is 14.5. The Bertz CT molecular complexity index is 1850. The predicted molar refractivity (Wildman–Crippen MR) is 166 cm³/mol. The Morgan fingerprint density at radius 1 is 0.978 bits per heavy atom. The topological polar surface area (TPSA) is 104 Å². The van der Waals surface area contributed by atoms with Crippen molar-refractivity contribution in [1.82, 2.24) is 34.5 Å². The van der Waals surface area contributed by atoms with Gasteiger partial charge in [0.2, 0.25) is 0 Å². The van der Waals surface area contributed by atoms with E-state index in [0.717, 1.165) is 30.3 Å². The van der Waals surface area contributed by atoms with Crippen molar-refractivity contribution in [1.29, 1.82) is 0 Å². The van der Waals surface area contributed by atoms with Gasteiger partial charge in [-0.15, -0.1) is 0 Å². The number of pyridine rings is 1. The lowest BCUT2D eigenvalue weighted by Gasteiger charge is -2.33. The van der Waals surface area contributed by atoms with Gasteiger partial charge in [0.1, 0.15) is 5.82 Å². The first-order chi connectivity index (χ1) is 21.5. The smallest absolute Gasteiger partial charge is 0.339 e. The van der Waals surface area contributed by atoms with E-state index in [2.05, 4.69) is 30.6 Å². The van der Waals surface area contributed by atoms with Crippen molar-refractivity contribution >= 4 is 34.1 Å². The summed E-state index contributed by atoms with van der Waals surface area (Å²) >= 11 is 0. The fraction of sp³-hybridized carbons (Fsp3) is 0.281. The summed E-state index contributed by atoms with van der Waals surface area (Å²) < 4.78 is 43.9. The highest BCUT2D eigenvalue weighted by Crippen LogP contribution is 2.35. The Morgan fingerprint density at radius 3 is 2.51 bits per heavy atom. The van der Waals surface area contributed by atoms with Crippen LogP contribution in [0, 0.1) is 6.92 Å². The molecule has 2 aromatic carbocycles. The Kier molecular flexibility index (Phi) is 8.21. The minimum Gasteiger partial charge on any atom is -0.339 e. The lowest BCUT2D eigenvalue weighted by molar-refractivity contribution is -0.138. The Labute approximate surface area is 257 Å². The van der Waals surface area contributed by atoms with E-state index in [1.165, 1.54) is 12.1 Å². The third kappa shape index (κ3) is 6.64. The molecule has 4 heterocycles. The highest BCUT2D eigenvalue weighted by atomic mass is 19.4. The number of likely N-dealkylation sites (N-methyl/N-ethyl adjacent to an activating group) is 1. The van der Waals surface area contributed by atoms with Gasteiger partial charge in [0.15, 0.2) is 11.5 Å². The molecular formula is C32H32F3N9O. The molecule has 2 N–H and O–H groups in total. The number of halogens is 3. The maximum absolute atomic E-state index is 14.1. The number of carbonyl (C=O) groups is 1. The van der Waals surface area contributed by atoms with Crippen LogP contribution in [0.15, 0.2) is 67.1 Å². The maximum atomic E-state index is 14.1. The number of nitrogens with one attached hydrogen (secondary N) is 2. The van der Waals surface area contributed by atoms with Crippen LogP contribution in [0.3, 0.4) is 0 Å². The molecule has 0 saturated carbocycles. The van der Waals surface area contributed by atoms with Crippen LogP contribution in [0.2, 0.25) is 0 Å². The Morgan fingerprint density at radius 2 is 1.78 bits per heavy atom. The maximum Gasteiger partial charge on any atom is 0.416 e. The molecule has 1 amide bonds. The molecule has 232 valence electrons. The van der Waals surface area contributed by atoms with Gasteiger partial charge in [-0.25, -0.2) is 9.97 Å². The highest BCUT2D eigenvalue weighted by molar-refractivity contribution is 6.05. The van der Waals surface area contributed by atoms with Crippen LogP contribution < -0.4 is 10.6 Å². The number of hydrogen-bond acceptors (Lipinski definition) is 8. The number of fused-ring (bicyclic) bond motifs is 1. The standard InChI is InChI=1S/C32H32F3N9O/c1-20-6-7-21(15-27(20)39-29-25-18-37-43(3)30(25)41-28(40-29)22-5-4-10-36-17-22)31(45)38-24-9-8-23(26(16-24)32(33,34)35)19-44-13-11-42(2)12-14-44/h4-10,15-18H,11-14,19H2,1-3H3,(H,38,45)(H,39,40,41). The zero-order valence-corrected chi connectivity index (χ0v) is 25.1. The molecule has 0 bridgehead atoms. The predicted octanol–water partition coefficient (Wildman–Crippen LogP) is 5.50. The van der Waals surface area contributed by atoms with Crippen molar-refractivity contribution in [2.75, 3.05) is 43.9 Å². The minimum atomic E-state index is -4.56. The molecule has 10 nitrogen and oxygen atoms in total. The van der Waals surface area contributed by atoms with Crippen molar-refractivity contribution < 1.29 is 18.0 Å². The van der Waals surface area contributed by atoms with Crippen molar-refractivity contribution in [2.45, 2.75) is 19.6 Å². The van der Waals surface area contributed by atoms with Gasteiger partial charge in [-0.1, -0.05) is 12.1 Å². The molecule has 45 heavy (non-hydrogen) atoms. The van der Waals surface area contributed by atoms with Crippen LogP contribution in [-0.2, 0) is 19.8 Å². The van der Waals surface area contributed by atoms with E-state index in [1.807, 2.05) is 24.9 Å². The number of aryl methyl sites for hydroxylation is 2. The fourth-order valence-electron chi connectivity index (χ4n) is 5.27. The molecule has 6 rings (SSSR count). The first kappa shape index (κ1) is 30.2. The van der Waals surface area contributed by atoms with E-state index in [1.54, 1.807) is 54.6 Å². The number of alkyl halides is 3. The molecule has 1 aliphatic rings. The Balaban J connectivity index is 1.25. The molecule has 1 saturated heterocycles. The second-order valence-corrected chi connectivity index (χ2v) is 11.2. The van der Waals surface area contributed by atoms with Crippen LogP contribution in [0.4, 0.5) is 30.4 Å². The number of nitrogens with zero attached hydrogens (tertiary/aromatic N) is 7. The zero-order valence-electron chi connectivity index (χ0n) is 25.1. The molecule has 0 aliphatic carbocycles. The third-order valence-electron chi connectivity index (χ3n) is 7.93. The lowest BCUT2D eigenvalue weighted by atomic mass is 10.0. The van der Waals surface area contributed by atoms with Crippen LogP contribution in [0.1, 0.15) is 27.0 Å². The van der Waals surface area contributed by atoms with Gasteiger partial charge >= 0.3 is 6.18 Å². The average molecular weight is 616 g/mol. The van der Waals surface area contributed by atoms with Crippen molar-refractivity contribution in [2.24, 2.45) is 7.05 Å². The van der Waals surface area contributed by atoms with E-state index in [0.29, 0.717) is 41.5 Å². The molecule has 0 radical (unpaired) electrons. The van der Waals surface area contributed by atoms with Gasteiger partial charge in [0.25, 0.3) is 5.91 Å². The van der Waals surface area contributed by atoms with Crippen LogP contribution in [-0.4, -0.2) is 73.7 Å². The molecule has 13 heteroatoms. The fourth-order valence-corrected chi connectivity index (χ4v) is 5.27. The summed E-state index contributed by atoms with van der Waals surface area (Å²) in [7, 11) is 3.78. The largest absolute Gasteiger partial charge is 0.416 e. The summed E-state index contributed by atoms with van der Waals surface area (Å²) in [6.45, 7) is 5.07. The molecule has 3 aromatic heterocycles. The van der Waals surface area contributed by atoms with Gasteiger partial charge in [0.05, 0.1) is 17.1 Å². The Hall–Kier alpha value is -4.88. The van der Waals surface area contributed by atoms with Crippen molar-refractivity contribution in [3.63, 3.8) is 0 Å². The number of hydrogen-bond donors (Lipinski definition) is 2. The molecule has 0 spiro atoms. The summed E-state index contributed by atoms with van der Waals surface area (Å²) in [5.41, 5.74) is 2.53. The van der Waals surface area contributed by atoms with Crippen LogP contribution >= 0.6 is 0 Å². The number of benzene rings is 2. The van der Waals surface area contributed by atoms with Crippen molar-refractivity contribution in [3.05, 3.63) is 89.4 Å². The molecule has 1 fully saturated rings. The van der Waals surface area contributed by atoms with E-state index in [4.69, 9.17) is 4.98 Å². The normalized spacial score (nSPS) is 14.5. The SMILES string of the molecule is Cc1ccc(C(=O)Nc2ccc(CN3CCN(C)CC3)c(C(F)(F)F)c2)cc1Nc1nc(-c2cccnc2)nc2c1cnn2C. The third-order valence-corrected chi connectivity index (χ3v) is 7.93. The number of rotatable bonds is 7. The van der Waals surface area contributed by atoms with E-state index in [-0.39, 0.29) is 23.4 Å². The molecule has 0 atom stereocenters. The van der Waals surface area contributed by atoms with Gasteiger partial charge in [-0.05, 0) is 61.5 Å². The van der Waals surface area contributed by atoms with E-state index < -0.39 is 17.6 Å². The molecule has 5 aromatic rings. The summed E-state index contributed by atoms with van der Waals surface area (Å²) in [5.74, 6) is 0.395.